The van der Waals surface area contributed by atoms with Gasteiger partial charge in [0.15, 0.2) is 0 Å². The molecule has 0 bridgehead atoms. The van der Waals surface area contributed by atoms with Crippen molar-refractivity contribution in [2.24, 2.45) is 5.92 Å². The average molecular weight is 413 g/mol. The number of rotatable bonds is 6. The third-order valence-electron chi connectivity index (χ3n) is 6.54. The van der Waals surface area contributed by atoms with Gasteiger partial charge in [0.25, 0.3) is 0 Å². The van der Waals surface area contributed by atoms with Crippen LogP contribution >= 0.6 is 0 Å². The minimum atomic E-state index is -0.279. The van der Waals surface area contributed by atoms with Crippen LogP contribution in [0.3, 0.4) is 0 Å². The summed E-state index contributed by atoms with van der Waals surface area (Å²) in [6.45, 7) is 2.28. The summed E-state index contributed by atoms with van der Waals surface area (Å²) >= 11 is 0. The van der Waals surface area contributed by atoms with Crippen molar-refractivity contribution in [3.8, 4) is 11.3 Å². The number of anilines is 1. The van der Waals surface area contributed by atoms with E-state index in [1.165, 1.54) is 44.2 Å². The highest BCUT2D eigenvalue weighted by atomic mass is 19.1. The van der Waals surface area contributed by atoms with Crippen molar-refractivity contribution in [2.75, 3.05) is 25.1 Å². The molecule has 3 fully saturated rings. The molecule has 160 valence electrons. The first-order valence-corrected chi connectivity index (χ1v) is 11.1. The quantitative estimate of drug-likeness (QED) is 0.758. The molecule has 4 unspecified atom stereocenters. The van der Waals surface area contributed by atoms with Crippen molar-refractivity contribution < 1.29 is 13.9 Å². The van der Waals surface area contributed by atoms with Crippen molar-refractivity contribution in [3.05, 3.63) is 42.3 Å². The van der Waals surface area contributed by atoms with Gasteiger partial charge in [0.2, 0.25) is 5.95 Å². The molecule has 0 radical (unpaired) electrons. The molecule has 3 aliphatic rings. The van der Waals surface area contributed by atoms with Crippen LogP contribution in [0.1, 0.15) is 32.1 Å². The lowest BCUT2D eigenvalue weighted by molar-refractivity contribution is 0.0671. The van der Waals surface area contributed by atoms with Crippen LogP contribution in [-0.4, -0.2) is 54.0 Å². The summed E-state index contributed by atoms with van der Waals surface area (Å²) < 4.78 is 25.7. The van der Waals surface area contributed by atoms with E-state index in [9.17, 15) is 4.39 Å². The summed E-state index contributed by atoms with van der Waals surface area (Å²) in [7, 11) is 0. The third kappa shape index (κ3) is 4.33. The molecule has 0 amide bonds. The van der Waals surface area contributed by atoms with E-state index >= 15 is 0 Å². The van der Waals surface area contributed by atoms with Crippen LogP contribution in [0.25, 0.3) is 11.3 Å². The van der Waals surface area contributed by atoms with Gasteiger partial charge in [-0.3, -0.25) is 0 Å². The Balaban J connectivity index is 1.19. The van der Waals surface area contributed by atoms with Gasteiger partial charge in [0, 0.05) is 11.8 Å². The molecule has 1 aromatic carbocycles. The van der Waals surface area contributed by atoms with Crippen molar-refractivity contribution >= 4 is 5.95 Å². The summed E-state index contributed by atoms with van der Waals surface area (Å²) in [5, 5.41) is 7.07. The van der Waals surface area contributed by atoms with E-state index < -0.39 is 0 Å². The highest BCUT2D eigenvalue weighted by Crippen LogP contribution is 2.30. The largest absolute Gasteiger partial charge is 0.371 e. The first-order chi connectivity index (χ1) is 14.8. The molecule has 1 saturated carbocycles. The Bertz CT molecular complexity index is 861. The zero-order valence-electron chi connectivity index (χ0n) is 17.1. The maximum Gasteiger partial charge on any atom is 0.223 e. The molecular formula is C23H29FN4O2. The minimum Gasteiger partial charge on any atom is -0.371 e. The van der Waals surface area contributed by atoms with Crippen LogP contribution in [0.5, 0.6) is 0 Å². The van der Waals surface area contributed by atoms with Crippen molar-refractivity contribution in [3.63, 3.8) is 0 Å². The summed E-state index contributed by atoms with van der Waals surface area (Å²) in [5.41, 5.74) is 1.41. The second-order valence-electron chi connectivity index (χ2n) is 8.64. The zero-order valence-corrected chi connectivity index (χ0v) is 17.1. The van der Waals surface area contributed by atoms with E-state index in [2.05, 4.69) is 20.6 Å². The van der Waals surface area contributed by atoms with E-state index in [0.717, 1.165) is 18.0 Å². The Morgan fingerprint density at radius 1 is 1.00 bits per heavy atom. The van der Waals surface area contributed by atoms with Crippen LogP contribution in [0.15, 0.2) is 36.5 Å². The second-order valence-corrected chi connectivity index (χ2v) is 8.64. The summed E-state index contributed by atoms with van der Waals surface area (Å²) in [4.78, 5) is 8.90. The predicted octanol–water partition coefficient (Wildman–Crippen LogP) is 3.40. The van der Waals surface area contributed by atoms with Crippen molar-refractivity contribution in [1.82, 2.24) is 15.3 Å². The smallest absolute Gasteiger partial charge is 0.223 e. The summed E-state index contributed by atoms with van der Waals surface area (Å²) in [5.74, 6) is 1.01. The van der Waals surface area contributed by atoms with Crippen LogP contribution in [0.2, 0.25) is 0 Å². The van der Waals surface area contributed by atoms with Crippen molar-refractivity contribution in [2.45, 2.75) is 56.4 Å². The van der Waals surface area contributed by atoms with Gasteiger partial charge in [-0.15, -0.1) is 0 Å². The molecule has 3 heterocycles. The lowest BCUT2D eigenvalue weighted by Crippen LogP contribution is -2.44. The first-order valence-electron chi connectivity index (χ1n) is 11.1. The summed E-state index contributed by atoms with van der Waals surface area (Å²) in [6, 6.07) is 8.45. The van der Waals surface area contributed by atoms with E-state index in [0.29, 0.717) is 24.9 Å². The summed E-state index contributed by atoms with van der Waals surface area (Å²) in [6.07, 6.45) is 8.48. The number of ether oxygens (including phenoxy) is 2. The second kappa shape index (κ2) is 8.96. The molecule has 7 heteroatoms. The number of nitrogens with one attached hydrogen (secondary N) is 2. The number of nitrogens with zero attached hydrogens (tertiary/aromatic N) is 2. The zero-order chi connectivity index (χ0) is 20.3. The first kappa shape index (κ1) is 19.8. The Labute approximate surface area is 176 Å². The molecule has 30 heavy (non-hydrogen) atoms. The fourth-order valence-electron chi connectivity index (χ4n) is 4.91. The molecule has 6 nitrogen and oxygen atoms in total. The normalized spacial score (nSPS) is 29.1. The van der Waals surface area contributed by atoms with Gasteiger partial charge < -0.3 is 20.1 Å². The van der Waals surface area contributed by atoms with Crippen molar-refractivity contribution in [1.29, 1.82) is 0 Å². The van der Waals surface area contributed by atoms with Gasteiger partial charge in [-0.05, 0) is 43.5 Å². The van der Waals surface area contributed by atoms with E-state index in [1.807, 2.05) is 6.07 Å². The van der Waals surface area contributed by atoms with E-state index in [1.54, 1.807) is 18.3 Å². The number of fused-ring (bicyclic) bond motifs is 1. The molecule has 1 aromatic heterocycles. The topological polar surface area (TPSA) is 68.3 Å². The van der Waals surface area contributed by atoms with E-state index in [4.69, 9.17) is 9.47 Å². The maximum absolute atomic E-state index is 13.5. The fraction of sp³-hybridized carbons (Fsp3) is 0.565. The fourth-order valence-corrected chi connectivity index (χ4v) is 4.91. The lowest BCUT2D eigenvalue weighted by atomic mass is 9.89. The Kier molecular flexibility index (Phi) is 5.93. The highest BCUT2D eigenvalue weighted by molar-refractivity contribution is 5.60. The van der Waals surface area contributed by atoms with Crippen LogP contribution < -0.4 is 10.6 Å². The van der Waals surface area contributed by atoms with Gasteiger partial charge in [0.05, 0.1) is 31.0 Å². The maximum atomic E-state index is 13.5. The standard InChI is InChI=1S/C23H29FN4O2/c24-17-8-4-7-16(11-17)18-9-10-25-23(27-18)28-20-14-30-21-19(13-29-22(20)21)26-12-15-5-2-1-3-6-15/h4,7-11,15,19-22,26H,1-3,5-6,12-14H2,(H,25,27,28). The SMILES string of the molecule is Fc1cccc(-c2ccnc(NC3COC4C(NCC5CCCCC5)COC34)n2)c1. The molecule has 2 saturated heterocycles. The molecule has 2 N–H and O–H groups in total. The highest BCUT2D eigenvalue weighted by Gasteiger charge is 2.47. The molecule has 2 aromatic rings. The van der Waals surface area contributed by atoms with Gasteiger partial charge >= 0.3 is 0 Å². The molecule has 5 rings (SSSR count). The van der Waals surface area contributed by atoms with Gasteiger partial charge in [0.1, 0.15) is 18.0 Å². The average Bonchev–Trinajstić information content (AvgIpc) is 3.36. The van der Waals surface area contributed by atoms with Crippen LogP contribution in [0.4, 0.5) is 10.3 Å². The Hall–Kier alpha value is -2.09. The number of benzene rings is 1. The lowest BCUT2D eigenvalue weighted by Gasteiger charge is -2.25. The molecule has 1 aliphatic carbocycles. The van der Waals surface area contributed by atoms with Gasteiger partial charge in [-0.2, -0.15) is 0 Å². The molecular weight excluding hydrogens is 383 g/mol. The minimum absolute atomic E-state index is 0.000704. The van der Waals surface area contributed by atoms with Crippen LogP contribution in [-0.2, 0) is 9.47 Å². The Morgan fingerprint density at radius 3 is 2.63 bits per heavy atom. The van der Waals surface area contributed by atoms with Gasteiger partial charge in [-0.25, -0.2) is 14.4 Å². The molecule has 4 atom stereocenters. The molecule has 0 spiro atoms. The number of hydrogen-bond donors (Lipinski definition) is 2. The van der Waals surface area contributed by atoms with Gasteiger partial charge in [-0.1, -0.05) is 31.4 Å². The number of halogens is 1. The number of aromatic nitrogens is 2. The van der Waals surface area contributed by atoms with E-state index in [-0.39, 0.29) is 30.1 Å². The monoisotopic (exact) mass is 412 g/mol. The predicted molar refractivity (Wildman–Crippen MR) is 113 cm³/mol. The molecule has 2 aliphatic heterocycles. The number of hydrogen-bond acceptors (Lipinski definition) is 6. The Morgan fingerprint density at radius 2 is 1.80 bits per heavy atom. The van der Waals surface area contributed by atoms with Crippen LogP contribution in [0, 0.1) is 11.7 Å². The third-order valence-corrected chi connectivity index (χ3v) is 6.54.